The molecule has 1 heterocycles. The first-order chi connectivity index (χ1) is 16.5. The van der Waals surface area contributed by atoms with E-state index in [-0.39, 0.29) is 0 Å². The highest BCUT2D eigenvalue weighted by Crippen LogP contribution is 2.39. The van der Waals surface area contributed by atoms with Crippen molar-refractivity contribution in [2.75, 3.05) is 38.5 Å². The van der Waals surface area contributed by atoms with Gasteiger partial charge in [-0.05, 0) is 36.3 Å². The maximum Gasteiger partial charge on any atom is 0.136 e. The normalized spacial score (nSPS) is 17.4. The third-order valence-electron chi connectivity index (χ3n) is 5.90. The molecule has 0 saturated carbocycles. The average molecular weight is 500 g/mol. The van der Waals surface area contributed by atoms with Crippen LogP contribution in [-0.4, -0.2) is 52.6 Å². The van der Waals surface area contributed by atoms with Crippen molar-refractivity contribution in [1.29, 1.82) is 5.26 Å². The fourth-order valence-corrected chi connectivity index (χ4v) is 5.69. The molecule has 0 spiro atoms. The number of hydrogen-bond donors (Lipinski definition) is 0. The molecule has 0 bridgehead atoms. The fraction of sp³-hybridized carbons (Fsp3) is 0.586. The highest BCUT2D eigenvalue weighted by Gasteiger charge is 2.35. The summed E-state index contributed by atoms with van der Waals surface area (Å²) in [6.07, 6.45) is 9.42. The highest BCUT2D eigenvalue weighted by atomic mass is 32.2. The van der Waals surface area contributed by atoms with Crippen molar-refractivity contribution in [2.45, 2.75) is 66.2 Å². The van der Waals surface area contributed by atoms with Crippen LogP contribution in [0.25, 0.3) is 0 Å². The summed E-state index contributed by atoms with van der Waals surface area (Å²) in [5, 5.41) is 10.3. The van der Waals surface area contributed by atoms with Crippen LogP contribution in [0.2, 0.25) is 0 Å². The Morgan fingerprint density at radius 2 is 1.71 bits per heavy atom. The van der Waals surface area contributed by atoms with Crippen LogP contribution in [0.5, 0.6) is 0 Å². The quantitative estimate of drug-likeness (QED) is 0.363. The average Bonchev–Trinajstić information content (AvgIpc) is 2.90. The van der Waals surface area contributed by atoms with Gasteiger partial charge in [0.1, 0.15) is 9.74 Å². The van der Waals surface area contributed by atoms with Crippen LogP contribution in [0.4, 0.5) is 0 Å². The Bertz CT molecular complexity index is 802. The Hall–Kier alpha value is -1.61. The molecule has 0 radical (unpaired) electrons. The number of hydrogen-bond acceptors (Lipinski definition) is 4. The summed E-state index contributed by atoms with van der Waals surface area (Å²) < 4.78 is 0.979. The first-order valence-corrected chi connectivity index (χ1v) is 14.4. The van der Waals surface area contributed by atoms with Gasteiger partial charge in [-0.1, -0.05) is 114 Å². The van der Waals surface area contributed by atoms with E-state index in [1.165, 1.54) is 0 Å². The van der Waals surface area contributed by atoms with Crippen molar-refractivity contribution in [3.05, 3.63) is 59.7 Å². The van der Waals surface area contributed by atoms with Gasteiger partial charge in [-0.2, -0.15) is 5.26 Å². The van der Waals surface area contributed by atoms with Crippen molar-refractivity contribution in [2.24, 2.45) is 5.92 Å². The molecule has 5 heteroatoms. The molecule has 1 aromatic carbocycles. The molecular formula is C29H45N3S2. The lowest BCUT2D eigenvalue weighted by molar-refractivity contribution is 0.169. The molecule has 1 aromatic rings. The number of thioether (sulfide) groups is 1. The lowest BCUT2D eigenvalue weighted by atomic mass is 9.72. The molecule has 188 valence electrons. The molecule has 3 rings (SSSR count). The first kappa shape index (κ1) is 30.4. The lowest BCUT2D eigenvalue weighted by Gasteiger charge is -2.37. The van der Waals surface area contributed by atoms with Crippen LogP contribution >= 0.6 is 24.0 Å². The Morgan fingerprint density at radius 1 is 1.06 bits per heavy atom. The van der Waals surface area contributed by atoms with Crippen LogP contribution in [0.3, 0.4) is 0 Å². The van der Waals surface area contributed by atoms with Crippen LogP contribution in [0.1, 0.15) is 66.4 Å². The molecule has 1 aliphatic carbocycles. The van der Waals surface area contributed by atoms with E-state index in [0.29, 0.717) is 5.92 Å². The molecule has 0 aromatic heterocycles. The van der Waals surface area contributed by atoms with Gasteiger partial charge in [0.25, 0.3) is 0 Å². The predicted molar refractivity (Wildman–Crippen MR) is 155 cm³/mol. The van der Waals surface area contributed by atoms with Crippen molar-refractivity contribution in [1.82, 2.24) is 9.80 Å². The molecule has 1 saturated heterocycles. The highest BCUT2D eigenvalue weighted by molar-refractivity contribution is 8.22. The van der Waals surface area contributed by atoms with E-state index in [4.69, 9.17) is 12.2 Å². The van der Waals surface area contributed by atoms with E-state index >= 15 is 0 Å². The van der Waals surface area contributed by atoms with Gasteiger partial charge < -0.3 is 4.90 Å². The molecule has 3 nitrogen and oxygen atoms in total. The fourth-order valence-electron chi connectivity index (χ4n) is 4.31. The number of allylic oxidation sites excluding steroid dienone is 4. The van der Waals surface area contributed by atoms with Gasteiger partial charge in [-0.25, -0.2) is 0 Å². The number of thiocarbonyl (C=S) groups is 1. The molecule has 1 fully saturated rings. The van der Waals surface area contributed by atoms with Gasteiger partial charge >= 0.3 is 0 Å². The summed E-state index contributed by atoms with van der Waals surface area (Å²) in [5.74, 6) is 1.55. The van der Waals surface area contributed by atoms with Crippen molar-refractivity contribution < 1.29 is 0 Å². The summed E-state index contributed by atoms with van der Waals surface area (Å²) >= 11 is 7.49. The van der Waals surface area contributed by atoms with Crippen molar-refractivity contribution >= 4 is 28.3 Å². The summed E-state index contributed by atoms with van der Waals surface area (Å²) in [4.78, 5) is 4.87. The smallest absolute Gasteiger partial charge is 0.136 e. The summed E-state index contributed by atoms with van der Waals surface area (Å²) in [7, 11) is 0. The molecule has 34 heavy (non-hydrogen) atoms. The molecule has 1 aliphatic heterocycles. The van der Waals surface area contributed by atoms with Gasteiger partial charge in [-0.15, -0.1) is 0 Å². The van der Waals surface area contributed by atoms with E-state index in [0.717, 1.165) is 73.2 Å². The van der Waals surface area contributed by atoms with E-state index in [1.807, 2.05) is 45.9 Å². The number of rotatable bonds is 7. The lowest BCUT2D eigenvalue weighted by Crippen LogP contribution is -2.48. The molecule has 0 amide bonds. The zero-order chi connectivity index (χ0) is 25.4. The summed E-state index contributed by atoms with van der Waals surface area (Å²) in [5.41, 5.74) is 1.62. The number of nitriles is 1. The van der Waals surface area contributed by atoms with E-state index in [9.17, 15) is 5.26 Å². The van der Waals surface area contributed by atoms with Gasteiger partial charge in [0.2, 0.25) is 0 Å². The molecule has 1 unspecified atom stereocenters. The minimum Gasteiger partial charge on any atom is -0.355 e. The van der Waals surface area contributed by atoms with Crippen LogP contribution in [0, 0.1) is 17.2 Å². The SMILES string of the molecule is CC.CC.CC(C)CN1CCN(C(=S)SCCC(C#N)(C2=CCCC=C2)c2ccccc2)CC1. The van der Waals surface area contributed by atoms with Gasteiger partial charge in [-0.3, -0.25) is 4.90 Å². The number of nitrogens with zero attached hydrogens (tertiary/aromatic N) is 3. The van der Waals surface area contributed by atoms with Crippen LogP contribution in [-0.2, 0) is 5.41 Å². The van der Waals surface area contributed by atoms with Crippen molar-refractivity contribution in [3.8, 4) is 6.07 Å². The largest absolute Gasteiger partial charge is 0.355 e. The zero-order valence-electron chi connectivity index (χ0n) is 22.2. The van der Waals surface area contributed by atoms with Crippen molar-refractivity contribution in [3.63, 3.8) is 0 Å². The second-order valence-electron chi connectivity index (χ2n) is 8.57. The molecular weight excluding hydrogens is 454 g/mol. The van der Waals surface area contributed by atoms with Crippen LogP contribution in [0.15, 0.2) is 54.1 Å². The Morgan fingerprint density at radius 3 is 2.24 bits per heavy atom. The monoisotopic (exact) mass is 499 g/mol. The van der Waals surface area contributed by atoms with E-state index < -0.39 is 5.41 Å². The Labute approximate surface area is 219 Å². The third-order valence-corrected chi connectivity index (χ3v) is 7.43. The second-order valence-corrected chi connectivity index (χ2v) is 10.3. The molecule has 2 aliphatic rings. The molecule has 0 N–H and O–H groups in total. The first-order valence-electron chi connectivity index (χ1n) is 13.0. The van der Waals surface area contributed by atoms with Gasteiger partial charge in [0.15, 0.2) is 0 Å². The standard InChI is InChI=1S/C25H33N3S2.2C2H6/c1-21(2)19-27-14-16-28(17-15-27)24(29)30-18-13-25(20-26,22-9-5-3-6-10-22)23-11-7-4-8-12-23;2*1-2/h3,5-7,9-12,21H,4,8,13-19H2,1-2H3;2*1-2H3. The summed E-state index contributed by atoms with van der Waals surface area (Å²) in [6, 6.07) is 12.9. The Kier molecular flexibility index (Phi) is 15.1. The summed E-state index contributed by atoms with van der Waals surface area (Å²) in [6.45, 7) is 17.9. The molecule has 1 atom stereocenters. The van der Waals surface area contributed by atoms with Crippen LogP contribution < -0.4 is 0 Å². The maximum atomic E-state index is 10.3. The maximum absolute atomic E-state index is 10.3. The Balaban J connectivity index is 0.00000137. The predicted octanol–water partition coefficient (Wildman–Crippen LogP) is 7.46. The van der Waals surface area contributed by atoms with Gasteiger partial charge in [0.05, 0.1) is 6.07 Å². The minimum atomic E-state index is -0.600. The second kappa shape index (κ2) is 16.9. The van der Waals surface area contributed by atoms with E-state index in [2.05, 4.69) is 60.1 Å². The zero-order valence-corrected chi connectivity index (χ0v) is 23.9. The minimum absolute atomic E-state index is 0.600. The van der Waals surface area contributed by atoms with E-state index in [1.54, 1.807) is 11.8 Å². The topological polar surface area (TPSA) is 30.3 Å². The number of benzene rings is 1. The van der Waals surface area contributed by atoms with Gasteiger partial charge in [0, 0.05) is 38.5 Å². The third kappa shape index (κ3) is 8.87. The number of piperazine rings is 1.